The van der Waals surface area contributed by atoms with E-state index in [-0.39, 0.29) is 36.8 Å². The molecule has 0 unspecified atom stereocenters. The van der Waals surface area contributed by atoms with Crippen LogP contribution in [-0.4, -0.2) is 19.4 Å². The van der Waals surface area contributed by atoms with E-state index in [2.05, 4.69) is 5.32 Å². The maximum Gasteiger partial charge on any atom is 0.259 e. The highest BCUT2D eigenvalue weighted by Crippen LogP contribution is 2.30. The van der Waals surface area contributed by atoms with E-state index in [1.807, 2.05) is 0 Å². The number of aromatic hydroxyl groups is 1. The van der Waals surface area contributed by atoms with Gasteiger partial charge in [-0.3, -0.25) is 4.79 Å². The first-order chi connectivity index (χ1) is 13.2. The summed E-state index contributed by atoms with van der Waals surface area (Å²) in [5.74, 6) is -0.893. The number of phenols is 1. The Morgan fingerprint density at radius 2 is 1.43 bits per heavy atom. The van der Waals surface area contributed by atoms with E-state index in [0.717, 1.165) is 0 Å². The molecule has 0 aliphatic carbocycles. The number of amides is 1. The van der Waals surface area contributed by atoms with Gasteiger partial charge < -0.3 is 10.4 Å². The molecular formula is C19H12Cl3NO4S. The second-order valence-corrected chi connectivity index (χ2v) is 8.94. The third-order valence-corrected chi connectivity index (χ3v) is 6.39. The molecule has 0 heterocycles. The highest BCUT2D eigenvalue weighted by molar-refractivity contribution is 7.91. The molecule has 0 spiro atoms. The topological polar surface area (TPSA) is 83.5 Å². The third-order valence-electron chi connectivity index (χ3n) is 3.83. The number of carbonyl (C=O) groups is 1. The predicted molar refractivity (Wildman–Crippen MR) is 109 cm³/mol. The number of carbonyl (C=O) groups excluding carboxylic acids is 1. The van der Waals surface area contributed by atoms with Crippen LogP contribution in [0, 0.1) is 0 Å². The van der Waals surface area contributed by atoms with E-state index in [9.17, 15) is 18.3 Å². The summed E-state index contributed by atoms with van der Waals surface area (Å²) >= 11 is 17.8. The molecule has 144 valence electrons. The van der Waals surface area contributed by atoms with Crippen molar-refractivity contribution in [3.63, 3.8) is 0 Å². The summed E-state index contributed by atoms with van der Waals surface area (Å²) in [4.78, 5) is 12.4. The van der Waals surface area contributed by atoms with Gasteiger partial charge in [-0.1, -0.05) is 34.8 Å². The van der Waals surface area contributed by atoms with Gasteiger partial charge in [0.15, 0.2) is 0 Å². The molecule has 3 aromatic carbocycles. The van der Waals surface area contributed by atoms with Crippen LogP contribution in [0.2, 0.25) is 15.1 Å². The molecule has 1 amide bonds. The van der Waals surface area contributed by atoms with Gasteiger partial charge in [-0.15, -0.1) is 0 Å². The van der Waals surface area contributed by atoms with Gasteiger partial charge in [-0.2, -0.15) is 0 Å². The zero-order valence-electron chi connectivity index (χ0n) is 14.0. The van der Waals surface area contributed by atoms with Crippen LogP contribution in [0.1, 0.15) is 10.4 Å². The van der Waals surface area contributed by atoms with E-state index in [4.69, 9.17) is 34.8 Å². The van der Waals surface area contributed by atoms with Crippen LogP contribution in [0.3, 0.4) is 0 Å². The lowest BCUT2D eigenvalue weighted by atomic mass is 10.2. The van der Waals surface area contributed by atoms with Crippen molar-refractivity contribution in [3.05, 3.63) is 81.3 Å². The van der Waals surface area contributed by atoms with Crippen LogP contribution in [0.5, 0.6) is 5.75 Å². The molecule has 0 bridgehead atoms. The predicted octanol–water partition coefficient (Wildman–Crippen LogP) is 5.44. The van der Waals surface area contributed by atoms with Gasteiger partial charge in [-0.05, 0) is 60.7 Å². The van der Waals surface area contributed by atoms with Crippen molar-refractivity contribution < 1.29 is 18.3 Å². The van der Waals surface area contributed by atoms with Crippen LogP contribution < -0.4 is 5.32 Å². The summed E-state index contributed by atoms with van der Waals surface area (Å²) in [7, 11) is -3.80. The van der Waals surface area contributed by atoms with Gasteiger partial charge in [0.1, 0.15) is 5.75 Å². The van der Waals surface area contributed by atoms with Crippen molar-refractivity contribution in [1.82, 2.24) is 0 Å². The summed E-state index contributed by atoms with van der Waals surface area (Å²) in [5.41, 5.74) is 0.141. The Hall–Kier alpha value is -2.25. The quantitative estimate of drug-likeness (QED) is 0.548. The van der Waals surface area contributed by atoms with E-state index in [0.29, 0.717) is 5.02 Å². The van der Waals surface area contributed by atoms with Crippen LogP contribution in [0.4, 0.5) is 5.69 Å². The fraction of sp³-hybridized carbons (Fsp3) is 0. The van der Waals surface area contributed by atoms with E-state index >= 15 is 0 Å². The molecule has 0 saturated carbocycles. The first kappa shape index (κ1) is 20.5. The zero-order chi connectivity index (χ0) is 20.5. The standard InChI is InChI=1S/C19H12Cl3NO4S/c20-11-1-4-13(5-2-11)28(26,27)14-6-7-17(16(22)10-14)23-19(25)15-9-12(21)3-8-18(15)24/h1-10,24H,(H,23,25). The molecule has 0 aliphatic rings. The highest BCUT2D eigenvalue weighted by Gasteiger charge is 2.20. The van der Waals surface area contributed by atoms with Crippen molar-refractivity contribution in [2.45, 2.75) is 9.79 Å². The average Bonchev–Trinajstić information content (AvgIpc) is 2.65. The summed E-state index contributed by atoms with van der Waals surface area (Å²) in [5, 5.41) is 13.0. The molecule has 0 aliphatic heterocycles. The van der Waals surface area contributed by atoms with Gasteiger partial charge in [0.25, 0.3) is 5.91 Å². The third kappa shape index (κ3) is 4.25. The van der Waals surface area contributed by atoms with E-state index in [1.165, 1.54) is 60.7 Å². The Morgan fingerprint density at radius 1 is 0.821 bits per heavy atom. The van der Waals surface area contributed by atoms with Crippen molar-refractivity contribution in [2.24, 2.45) is 0 Å². The number of hydrogen-bond acceptors (Lipinski definition) is 4. The second-order valence-electron chi connectivity index (χ2n) is 5.71. The molecule has 28 heavy (non-hydrogen) atoms. The highest BCUT2D eigenvalue weighted by atomic mass is 35.5. The molecule has 0 saturated heterocycles. The summed E-state index contributed by atoms with van der Waals surface area (Å²) in [6.07, 6.45) is 0. The number of rotatable bonds is 4. The Bertz CT molecular complexity index is 1160. The zero-order valence-corrected chi connectivity index (χ0v) is 17.1. The Labute approximate surface area is 176 Å². The summed E-state index contributed by atoms with van der Waals surface area (Å²) in [6, 6.07) is 13.7. The number of anilines is 1. The minimum Gasteiger partial charge on any atom is -0.507 e. The molecular weight excluding hydrogens is 445 g/mol. The second kappa shape index (κ2) is 8.01. The van der Waals surface area contributed by atoms with E-state index < -0.39 is 15.7 Å². The first-order valence-electron chi connectivity index (χ1n) is 7.78. The SMILES string of the molecule is O=C(Nc1ccc(S(=O)(=O)c2ccc(Cl)cc2)cc1Cl)c1cc(Cl)ccc1O. The lowest BCUT2D eigenvalue weighted by molar-refractivity contribution is 0.102. The summed E-state index contributed by atoms with van der Waals surface area (Å²) < 4.78 is 25.4. The molecule has 5 nitrogen and oxygen atoms in total. The fourth-order valence-electron chi connectivity index (χ4n) is 2.39. The monoisotopic (exact) mass is 455 g/mol. The van der Waals surface area contributed by atoms with Crippen molar-refractivity contribution in [2.75, 3.05) is 5.32 Å². The Kier molecular flexibility index (Phi) is 5.86. The van der Waals surface area contributed by atoms with Gasteiger partial charge >= 0.3 is 0 Å². The number of hydrogen-bond donors (Lipinski definition) is 2. The van der Waals surface area contributed by atoms with E-state index in [1.54, 1.807) is 0 Å². The lowest BCUT2D eigenvalue weighted by Gasteiger charge is -2.11. The Morgan fingerprint density at radius 3 is 2.07 bits per heavy atom. The van der Waals surface area contributed by atoms with Crippen molar-refractivity contribution in [3.8, 4) is 5.75 Å². The largest absolute Gasteiger partial charge is 0.507 e. The van der Waals surface area contributed by atoms with Crippen LogP contribution in [0.25, 0.3) is 0 Å². The minimum atomic E-state index is -3.80. The number of nitrogens with one attached hydrogen (secondary N) is 1. The van der Waals surface area contributed by atoms with Gasteiger partial charge in [0, 0.05) is 10.0 Å². The van der Waals surface area contributed by atoms with Crippen molar-refractivity contribution in [1.29, 1.82) is 0 Å². The average molecular weight is 457 g/mol. The molecule has 3 aromatic rings. The molecule has 9 heteroatoms. The van der Waals surface area contributed by atoms with Crippen LogP contribution in [-0.2, 0) is 9.84 Å². The lowest BCUT2D eigenvalue weighted by Crippen LogP contribution is -2.13. The van der Waals surface area contributed by atoms with Crippen molar-refractivity contribution >= 4 is 56.2 Å². The molecule has 0 fully saturated rings. The molecule has 0 radical (unpaired) electrons. The number of sulfone groups is 1. The molecule has 0 atom stereocenters. The maximum atomic E-state index is 12.7. The smallest absolute Gasteiger partial charge is 0.259 e. The minimum absolute atomic E-state index is 0.0184. The first-order valence-corrected chi connectivity index (χ1v) is 10.4. The fourth-order valence-corrected chi connectivity index (χ4v) is 4.27. The van der Waals surface area contributed by atoms with Crippen LogP contribution in [0.15, 0.2) is 70.5 Å². The van der Waals surface area contributed by atoms with Gasteiger partial charge in [-0.25, -0.2) is 8.42 Å². The van der Waals surface area contributed by atoms with Gasteiger partial charge in [0.2, 0.25) is 9.84 Å². The maximum absolute atomic E-state index is 12.7. The molecule has 3 rings (SSSR count). The molecule has 2 N–H and O–H groups in total. The number of benzene rings is 3. The number of phenolic OH excluding ortho intramolecular Hbond substituents is 1. The Balaban J connectivity index is 1.89. The van der Waals surface area contributed by atoms with Crippen LogP contribution >= 0.6 is 34.8 Å². The molecule has 0 aromatic heterocycles. The summed E-state index contributed by atoms with van der Waals surface area (Å²) in [6.45, 7) is 0. The number of halogens is 3. The van der Waals surface area contributed by atoms with Gasteiger partial charge in [0.05, 0.1) is 26.1 Å². The normalized spacial score (nSPS) is 11.2.